The second-order valence-electron chi connectivity index (χ2n) is 4.91. The van der Waals surface area contributed by atoms with Gasteiger partial charge in [-0.1, -0.05) is 41.4 Å². The third-order valence-corrected chi connectivity index (χ3v) is 4.53. The molecule has 0 fully saturated rings. The minimum absolute atomic E-state index is 0.0194. The van der Waals surface area contributed by atoms with Crippen molar-refractivity contribution < 1.29 is 0 Å². The van der Waals surface area contributed by atoms with Crippen LogP contribution in [0, 0.1) is 13.8 Å². The van der Waals surface area contributed by atoms with Crippen LogP contribution in [0.2, 0.25) is 5.02 Å². The molecule has 2 rings (SSSR count). The van der Waals surface area contributed by atoms with E-state index in [4.69, 9.17) is 17.3 Å². The van der Waals surface area contributed by atoms with Gasteiger partial charge in [0.05, 0.1) is 5.02 Å². The van der Waals surface area contributed by atoms with Gasteiger partial charge in [-0.05, 0) is 65.0 Å². The second-order valence-corrected chi connectivity index (χ2v) is 6.18. The number of hydrogen-bond donors (Lipinski definition) is 1. The fourth-order valence-electron chi connectivity index (χ4n) is 2.12. The van der Waals surface area contributed by atoms with E-state index < -0.39 is 0 Å². The van der Waals surface area contributed by atoms with Crippen LogP contribution >= 0.6 is 27.5 Å². The molecule has 0 saturated heterocycles. The van der Waals surface area contributed by atoms with Crippen LogP contribution in [0.4, 0.5) is 0 Å². The number of aryl methyl sites for hydroxylation is 2. The molecular formula is C16H17BrClN. The van der Waals surface area contributed by atoms with E-state index in [-0.39, 0.29) is 6.04 Å². The summed E-state index contributed by atoms with van der Waals surface area (Å²) >= 11 is 9.44. The molecule has 2 aromatic carbocycles. The summed E-state index contributed by atoms with van der Waals surface area (Å²) in [5, 5.41) is 0.711. The van der Waals surface area contributed by atoms with Crippen molar-refractivity contribution in [1.29, 1.82) is 0 Å². The van der Waals surface area contributed by atoms with Crippen molar-refractivity contribution in [3.05, 3.63) is 68.1 Å². The zero-order valence-corrected chi connectivity index (χ0v) is 13.4. The zero-order valence-electron chi connectivity index (χ0n) is 11.1. The van der Waals surface area contributed by atoms with E-state index in [0.717, 1.165) is 16.5 Å². The van der Waals surface area contributed by atoms with E-state index in [2.05, 4.69) is 48.0 Å². The van der Waals surface area contributed by atoms with Crippen molar-refractivity contribution in [2.75, 3.05) is 0 Å². The summed E-state index contributed by atoms with van der Waals surface area (Å²) in [6.07, 6.45) is 0.835. The Hall–Kier alpha value is -0.830. The molecule has 1 nitrogen and oxygen atoms in total. The molecule has 0 aliphatic carbocycles. The van der Waals surface area contributed by atoms with Gasteiger partial charge in [0.15, 0.2) is 0 Å². The van der Waals surface area contributed by atoms with E-state index in [0.29, 0.717) is 5.02 Å². The molecule has 1 atom stereocenters. The summed E-state index contributed by atoms with van der Waals surface area (Å²) in [5.41, 5.74) is 11.3. The van der Waals surface area contributed by atoms with Crippen LogP contribution in [0.15, 0.2) is 40.9 Å². The molecule has 0 bridgehead atoms. The summed E-state index contributed by atoms with van der Waals surface area (Å²) in [4.78, 5) is 0. The lowest BCUT2D eigenvalue weighted by Gasteiger charge is -2.15. The van der Waals surface area contributed by atoms with Gasteiger partial charge in [-0.25, -0.2) is 0 Å². The maximum atomic E-state index is 6.30. The molecule has 2 aromatic rings. The van der Waals surface area contributed by atoms with Crippen molar-refractivity contribution in [2.45, 2.75) is 26.3 Å². The maximum absolute atomic E-state index is 6.30. The van der Waals surface area contributed by atoms with Crippen LogP contribution < -0.4 is 5.73 Å². The highest BCUT2D eigenvalue weighted by Gasteiger charge is 2.10. The SMILES string of the molecule is Cc1ccc(C)c(CC(N)c2ccc(Cl)c(Br)c2)c1. The lowest BCUT2D eigenvalue weighted by molar-refractivity contribution is 0.718. The van der Waals surface area contributed by atoms with E-state index in [1.165, 1.54) is 16.7 Å². The van der Waals surface area contributed by atoms with Crippen LogP contribution in [-0.4, -0.2) is 0 Å². The van der Waals surface area contributed by atoms with Gasteiger partial charge in [0.2, 0.25) is 0 Å². The van der Waals surface area contributed by atoms with Crippen LogP contribution in [0.25, 0.3) is 0 Å². The first-order valence-corrected chi connectivity index (χ1v) is 7.41. The molecule has 0 amide bonds. The van der Waals surface area contributed by atoms with Crippen molar-refractivity contribution in [2.24, 2.45) is 5.73 Å². The predicted molar refractivity (Wildman–Crippen MR) is 85.7 cm³/mol. The third-order valence-electron chi connectivity index (χ3n) is 3.32. The summed E-state index contributed by atoms with van der Waals surface area (Å²) in [6, 6.07) is 12.3. The molecule has 0 spiro atoms. The van der Waals surface area contributed by atoms with Gasteiger partial charge in [0, 0.05) is 10.5 Å². The fraction of sp³-hybridized carbons (Fsp3) is 0.250. The molecule has 0 heterocycles. The van der Waals surface area contributed by atoms with Crippen LogP contribution in [-0.2, 0) is 6.42 Å². The topological polar surface area (TPSA) is 26.0 Å². The lowest BCUT2D eigenvalue weighted by atomic mass is 9.95. The van der Waals surface area contributed by atoms with Crippen LogP contribution in [0.3, 0.4) is 0 Å². The largest absolute Gasteiger partial charge is 0.324 e. The molecule has 2 N–H and O–H groups in total. The average Bonchev–Trinajstić information content (AvgIpc) is 2.37. The Morgan fingerprint density at radius 3 is 2.58 bits per heavy atom. The van der Waals surface area contributed by atoms with E-state index in [9.17, 15) is 0 Å². The maximum Gasteiger partial charge on any atom is 0.0548 e. The first-order chi connectivity index (χ1) is 8.97. The molecule has 1 unspecified atom stereocenters. The van der Waals surface area contributed by atoms with Gasteiger partial charge >= 0.3 is 0 Å². The first kappa shape index (κ1) is 14.6. The Morgan fingerprint density at radius 2 is 1.89 bits per heavy atom. The molecule has 0 aliphatic rings. The number of hydrogen-bond acceptors (Lipinski definition) is 1. The summed E-state index contributed by atoms with van der Waals surface area (Å²) in [7, 11) is 0. The molecule has 0 radical (unpaired) electrons. The van der Waals surface area contributed by atoms with E-state index >= 15 is 0 Å². The van der Waals surface area contributed by atoms with Gasteiger partial charge in [-0.3, -0.25) is 0 Å². The van der Waals surface area contributed by atoms with Gasteiger partial charge < -0.3 is 5.73 Å². The van der Waals surface area contributed by atoms with Crippen molar-refractivity contribution in [1.82, 2.24) is 0 Å². The molecule has 3 heteroatoms. The Kier molecular flexibility index (Phi) is 4.67. The quantitative estimate of drug-likeness (QED) is 0.841. The smallest absolute Gasteiger partial charge is 0.0548 e. The van der Waals surface area contributed by atoms with Crippen LogP contribution in [0.1, 0.15) is 28.3 Å². The Morgan fingerprint density at radius 1 is 1.16 bits per heavy atom. The zero-order chi connectivity index (χ0) is 14.0. The monoisotopic (exact) mass is 337 g/mol. The van der Waals surface area contributed by atoms with Crippen molar-refractivity contribution >= 4 is 27.5 Å². The Bertz CT molecular complexity index is 595. The molecule has 0 saturated carbocycles. The van der Waals surface area contributed by atoms with Crippen molar-refractivity contribution in [3.8, 4) is 0 Å². The first-order valence-electron chi connectivity index (χ1n) is 6.24. The van der Waals surface area contributed by atoms with E-state index in [1.807, 2.05) is 18.2 Å². The lowest BCUT2D eigenvalue weighted by Crippen LogP contribution is -2.14. The number of benzene rings is 2. The van der Waals surface area contributed by atoms with Gasteiger partial charge in [-0.2, -0.15) is 0 Å². The van der Waals surface area contributed by atoms with Gasteiger partial charge in [0.25, 0.3) is 0 Å². The number of rotatable bonds is 3. The number of nitrogens with two attached hydrogens (primary N) is 1. The minimum Gasteiger partial charge on any atom is -0.324 e. The number of halogens is 2. The second kappa shape index (κ2) is 6.08. The highest BCUT2D eigenvalue weighted by atomic mass is 79.9. The van der Waals surface area contributed by atoms with Crippen molar-refractivity contribution in [3.63, 3.8) is 0 Å². The average molecular weight is 339 g/mol. The highest BCUT2D eigenvalue weighted by Crippen LogP contribution is 2.27. The highest BCUT2D eigenvalue weighted by molar-refractivity contribution is 9.10. The predicted octanol–water partition coefficient (Wildman–Crippen LogP) is 4.96. The molecule has 0 aromatic heterocycles. The normalized spacial score (nSPS) is 12.5. The summed E-state index contributed by atoms with van der Waals surface area (Å²) in [6.45, 7) is 4.23. The van der Waals surface area contributed by atoms with Gasteiger partial charge in [0.1, 0.15) is 0 Å². The summed E-state index contributed by atoms with van der Waals surface area (Å²) in [5.74, 6) is 0. The molecule has 100 valence electrons. The molecular weight excluding hydrogens is 322 g/mol. The molecule has 19 heavy (non-hydrogen) atoms. The standard InChI is InChI=1S/C16H17BrClN/c1-10-3-4-11(2)13(7-10)9-16(19)12-5-6-15(18)14(17)8-12/h3-8,16H,9,19H2,1-2H3. The summed E-state index contributed by atoms with van der Waals surface area (Å²) < 4.78 is 0.892. The fourth-order valence-corrected chi connectivity index (χ4v) is 2.63. The molecule has 0 aliphatic heterocycles. The Balaban J connectivity index is 2.22. The van der Waals surface area contributed by atoms with Gasteiger partial charge in [-0.15, -0.1) is 0 Å². The Labute approximate surface area is 127 Å². The minimum atomic E-state index is -0.0194. The van der Waals surface area contributed by atoms with E-state index in [1.54, 1.807) is 0 Å². The van der Waals surface area contributed by atoms with Crippen LogP contribution in [0.5, 0.6) is 0 Å². The third kappa shape index (κ3) is 3.59.